The van der Waals surface area contributed by atoms with Gasteiger partial charge >= 0.3 is 0 Å². The third-order valence-electron chi connectivity index (χ3n) is 3.81. The molecule has 0 spiro atoms. The zero-order chi connectivity index (χ0) is 13.0. The SMILES string of the molecule is CCCC1CCCCN1c1ccc(CN)cc1Br. The van der Waals surface area contributed by atoms with E-state index >= 15 is 0 Å². The fourth-order valence-corrected chi connectivity index (χ4v) is 3.52. The van der Waals surface area contributed by atoms with Crippen LogP contribution in [0.4, 0.5) is 5.69 Å². The number of benzene rings is 1. The molecule has 1 atom stereocenters. The number of halogens is 1. The molecule has 1 unspecified atom stereocenters. The zero-order valence-electron chi connectivity index (χ0n) is 11.2. The second kappa shape index (κ2) is 6.58. The van der Waals surface area contributed by atoms with Crippen molar-refractivity contribution in [2.24, 2.45) is 5.73 Å². The first-order valence-electron chi connectivity index (χ1n) is 7.01. The Hall–Kier alpha value is -0.540. The van der Waals surface area contributed by atoms with Gasteiger partial charge in [0.15, 0.2) is 0 Å². The van der Waals surface area contributed by atoms with Crippen molar-refractivity contribution in [3.63, 3.8) is 0 Å². The van der Waals surface area contributed by atoms with Gasteiger partial charge < -0.3 is 10.6 Å². The molecular weight excluding hydrogens is 288 g/mol. The summed E-state index contributed by atoms with van der Waals surface area (Å²) in [5.74, 6) is 0. The highest BCUT2D eigenvalue weighted by atomic mass is 79.9. The standard InChI is InChI=1S/C15H23BrN2/c1-2-5-13-6-3-4-9-18(13)15-8-7-12(11-17)10-14(15)16/h7-8,10,13H,2-6,9,11,17H2,1H3. The van der Waals surface area contributed by atoms with E-state index in [1.165, 1.54) is 54.4 Å². The minimum Gasteiger partial charge on any atom is -0.368 e. The van der Waals surface area contributed by atoms with Gasteiger partial charge in [0, 0.05) is 23.6 Å². The van der Waals surface area contributed by atoms with E-state index in [0.717, 1.165) is 0 Å². The zero-order valence-corrected chi connectivity index (χ0v) is 12.7. The molecule has 0 amide bonds. The molecule has 1 aromatic carbocycles. The number of piperidine rings is 1. The van der Waals surface area contributed by atoms with E-state index in [9.17, 15) is 0 Å². The van der Waals surface area contributed by atoms with Crippen molar-refractivity contribution in [2.75, 3.05) is 11.4 Å². The van der Waals surface area contributed by atoms with Gasteiger partial charge in [0.1, 0.15) is 0 Å². The van der Waals surface area contributed by atoms with E-state index in [-0.39, 0.29) is 0 Å². The summed E-state index contributed by atoms with van der Waals surface area (Å²) in [7, 11) is 0. The number of hydrogen-bond donors (Lipinski definition) is 1. The van der Waals surface area contributed by atoms with Crippen LogP contribution in [0, 0.1) is 0 Å². The molecule has 1 fully saturated rings. The number of nitrogens with two attached hydrogens (primary N) is 1. The molecule has 2 N–H and O–H groups in total. The van der Waals surface area contributed by atoms with Crippen LogP contribution in [0.15, 0.2) is 22.7 Å². The van der Waals surface area contributed by atoms with Crippen LogP contribution in [-0.4, -0.2) is 12.6 Å². The summed E-state index contributed by atoms with van der Waals surface area (Å²) in [5.41, 5.74) is 8.22. The second-order valence-electron chi connectivity index (χ2n) is 5.12. The van der Waals surface area contributed by atoms with Crippen LogP contribution in [0.25, 0.3) is 0 Å². The molecule has 1 aliphatic rings. The molecule has 0 bridgehead atoms. The highest BCUT2D eigenvalue weighted by Gasteiger charge is 2.23. The average molecular weight is 311 g/mol. The van der Waals surface area contributed by atoms with Crippen LogP contribution in [0.5, 0.6) is 0 Å². The van der Waals surface area contributed by atoms with Crippen molar-refractivity contribution in [1.82, 2.24) is 0 Å². The van der Waals surface area contributed by atoms with Gasteiger partial charge in [-0.05, 0) is 59.3 Å². The molecule has 1 aliphatic heterocycles. The lowest BCUT2D eigenvalue weighted by Crippen LogP contribution is -2.39. The number of anilines is 1. The summed E-state index contributed by atoms with van der Waals surface area (Å²) >= 11 is 3.70. The molecule has 1 saturated heterocycles. The maximum atomic E-state index is 5.69. The summed E-state index contributed by atoms with van der Waals surface area (Å²) < 4.78 is 1.19. The highest BCUT2D eigenvalue weighted by molar-refractivity contribution is 9.10. The van der Waals surface area contributed by atoms with E-state index < -0.39 is 0 Å². The van der Waals surface area contributed by atoms with Crippen molar-refractivity contribution in [2.45, 2.75) is 51.6 Å². The lowest BCUT2D eigenvalue weighted by atomic mass is 9.97. The Morgan fingerprint density at radius 3 is 2.89 bits per heavy atom. The van der Waals surface area contributed by atoms with Crippen molar-refractivity contribution in [1.29, 1.82) is 0 Å². The van der Waals surface area contributed by atoms with Gasteiger partial charge in [0.2, 0.25) is 0 Å². The van der Waals surface area contributed by atoms with Crippen LogP contribution >= 0.6 is 15.9 Å². The minimum atomic E-state index is 0.608. The molecule has 2 nitrogen and oxygen atoms in total. The van der Waals surface area contributed by atoms with Gasteiger partial charge in [-0.15, -0.1) is 0 Å². The quantitative estimate of drug-likeness (QED) is 0.908. The molecule has 0 saturated carbocycles. The third-order valence-corrected chi connectivity index (χ3v) is 4.44. The molecule has 100 valence electrons. The Morgan fingerprint density at radius 1 is 1.39 bits per heavy atom. The molecule has 3 heteroatoms. The Kier molecular flexibility index (Phi) is 5.07. The molecule has 1 heterocycles. The highest BCUT2D eigenvalue weighted by Crippen LogP contribution is 2.33. The van der Waals surface area contributed by atoms with E-state index in [4.69, 9.17) is 5.73 Å². The number of rotatable bonds is 4. The van der Waals surface area contributed by atoms with Crippen LogP contribution in [0.1, 0.15) is 44.6 Å². The van der Waals surface area contributed by atoms with Crippen molar-refractivity contribution < 1.29 is 0 Å². The summed E-state index contributed by atoms with van der Waals surface area (Å²) in [4.78, 5) is 2.58. The smallest absolute Gasteiger partial charge is 0.0513 e. The number of nitrogens with zero attached hydrogens (tertiary/aromatic N) is 1. The fourth-order valence-electron chi connectivity index (χ4n) is 2.86. The van der Waals surface area contributed by atoms with E-state index in [0.29, 0.717) is 12.6 Å². The van der Waals surface area contributed by atoms with Crippen molar-refractivity contribution in [3.8, 4) is 0 Å². The van der Waals surface area contributed by atoms with Gasteiger partial charge in [-0.1, -0.05) is 19.4 Å². The van der Waals surface area contributed by atoms with E-state index in [2.05, 4.69) is 46.0 Å². The van der Waals surface area contributed by atoms with Crippen LogP contribution in [-0.2, 0) is 6.54 Å². The topological polar surface area (TPSA) is 29.3 Å². The normalized spacial score (nSPS) is 20.2. The number of hydrogen-bond acceptors (Lipinski definition) is 2. The summed E-state index contributed by atoms with van der Waals surface area (Å²) in [6.45, 7) is 4.07. The largest absolute Gasteiger partial charge is 0.368 e. The molecule has 0 aromatic heterocycles. The van der Waals surface area contributed by atoms with Gasteiger partial charge in [-0.2, -0.15) is 0 Å². The molecule has 1 aromatic rings. The molecular formula is C15H23BrN2. The average Bonchev–Trinajstić information content (AvgIpc) is 2.40. The molecule has 0 aliphatic carbocycles. The Balaban J connectivity index is 2.22. The van der Waals surface area contributed by atoms with Gasteiger partial charge in [-0.3, -0.25) is 0 Å². The summed E-state index contributed by atoms with van der Waals surface area (Å²) in [6, 6.07) is 7.24. The minimum absolute atomic E-state index is 0.608. The monoisotopic (exact) mass is 310 g/mol. The first-order chi connectivity index (χ1) is 8.76. The first kappa shape index (κ1) is 13.9. The third kappa shape index (κ3) is 3.07. The molecule has 2 rings (SSSR count). The van der Waals surface area contributed by atoms with Crippen molar-refractivity contribution in [3.05, 3.63) is 28.2 Å². The van der Waals surface area contributed by atoms with Crippen LogP contribution in [0.2, 0.25) is 0 Å². The van der Waals surface area contributed by atoms with Crippen molar-refractivity contribution >= 4 is 21.6 Å². The predicted octanol–water partition coefficient (Wildman–Crippen LogP) is 4.07. The fraction of sp³-hybridized carbons (Fsp3) is 0.600. The van der Waals surface area contributed by atoms with Crippen LogP contribution < -0.4 is 10.6 Å². The van der Waals surface area contributed by atoms with E-state index in [1.807, 2.05) is 0 Å². The van der Waals surface area contributed by atoms with Gasteiger partial charge in [-0.25, -0.2) is 0 Å². The lowest BCUT2D eigenvalue weighted by molar-refractivity contribution is 0.434. The molecule has 18 heavy (non-hydrogen) atoms. The van der Waals surface area contributed by atoms with Gasteiger partial charge in [0.05, 0.1) is 5.69 Å². The molecule has 0 radical (unpaired) electrons. The van der Waals surface area contributed by atoms with Gasteiger partial charge in [0.25, 0.3) is 0 Å². The Labute approximate surface area is 119 Å². The maximum Gasteiger partial charge on any atom is 0.0513 e. The summed E-state index contributed by atoms with van der Waals surface area (Å²) in [6.07, 6.45) is 6.58. The second-order valence-corrected chi connectivity index (χ2v) is 5.98. The maximum absolute atomic E-state index is 5.69. The lowest BCUT2D eigenvalue weighted by Gasteiger charge is -2.38. The van der Waals surface area contributed by atoms with Crippen LogP contribution in [0.3, 0.4) is 0 Å². The Morgan fingerprint density at radius 2 is 2.22 bits per heavy atom. The predicted molar refractivity (Wildman–Crippen MR) is 81.9 cm³/mol. The Bertz CT molecular complexity index is 390. The summed E-state index contributed by atoms with van der Waals surface area (Å²) in [5, 5.41) is 0. The van der Waals surface area contributed by atoms with E-state index in [1.54, 1.807) is 0 Å². The first-order valence-corrected chi connectivity index (χ1v) is 7.80.